The Hall–Kier alpha value is -4.19. The SMILES string of the molecule is CC(C)c1cccc(C(C)C)c1-n1c(-c2[c-]ccc3c2sc2cc([Si](C)(C)C)ccc23)nc2ccccc21.[2H]C([2H])([2H])c1ccc(-c2[c-]cccc2)nc1.[Ir]. The van der Waals surface area contributed by atoms with E-state index in [1.165, 1.54) is 48.4 Å². The quantitative estimate of drug-likeness (QED) is 0.123. The van der Waals surface area contributed by atoms with Gasteiger partial charge in [0.15, 0.2) is 0 Å². The van der Waals surface area contributed by atoms with Crippen LogP contribution in [0.5, 0.6) is 0 Å². The van der Waals surface area contributed by atoms with Gasteiger partial charge in [0.25, 0.3) is 0 Å². The van der Waals surface area contributed by atoms with Crippen LogP contribution in [0.25, 0.3) is 59.5 Å². The number of hydrogen-bond acceptors (Lipinski definition) is 3. The van der Waals surface area contributed by atoms with Crippen molar-refractivity contribution in [3.8, 4) is 28.3 Å². The van der Waals surface area contributed by atoms with Gasteiger partial charge in [-0.15, -0.1) is 54.1 Å². The molecule has 0 N–H and O–H groups in total. The second-order valence-electron chi connectivity index (χ2n) is 14.7. The molecule has 3 aromatic heterocycles. The molecule has 0 amide bonds. The molecule has 5 aromatic carbocycles. The van der Waals surface area contributed by atoms with E-state index in [0.717, 1.165) is 33.7 Å². The van der Waals surface area contributed by atoms with Crippen LogP contribution in [0.1, 0.15) is 60.3 Å². The van der Waals surface area contributed by atoms with Crippen LogP contribution in [0.2, 0.25) is 19.6 Å². The summed E-state index contributed by atoms with van der Waals surface area (Å²) >= 11 is 1.89. The Labute approximate surface area is 331 Å². The van der Waals surface area contributed by atoms with Gasteiger partial charge in [0.05, 0.1) is 24.9 Å². The minimum Gasteiger partial charge on any atom is -0.333 e. The van der Waals surface area contributed by atoms with Crippen molar-refractivity contribution in [2.75, 3.05) is 0 Å². The summed E-state index contributed by atoms with van der Waals surface area (Å²) < 4.78 is 26.7. The van der Waals surface area contributed by atoms with Crippen molar-refractivity contribution in [3.63, 3.8) is 0 Å². The molecule has 0 aliphatic heterocycles. The average Bonchev–Trinajstić information content (AvgIpc) is 3.73. The normalized spacial score (nSPS) is 12.8. The van der Waals surface area contributed by atoms with E-state index in [-0.39, 0.29) is 25.7 Å². The molecule has 0 aliphatic rings. The number of hydrogen-bond donors (Lipinski definition) is 0. The van der Waals surface area contributed by atoms with Gasteiger partial charge >= 0.3 is 0 Å². The molecule has 6 heteroatoms. The van der Waals surface area contributed by atoms with E-state index >= 15 is 0 Å². The minimum absolute atomic E-state index is 0. The third-order valence-electron chi connectivity index (χ3n) is 9.40. The van der Waals surface area contributed by atoms with Gasteiger partial charge in [-0.3, -0.25) is 4.98 Å². The van der Waals surface area contributed by atoms with Gasteiger partial charge in [0.2, 0.25) is 0 Å². The maximum Gasteiger partial charge on any atom is 0.0776 e. The molecule has 0 saturated heterocycles. The maximum atomic E-state index is 7.23. The molecule has 1 radical (unpaired) electrons. The van der Waals surface area contributed by atoms with Crippen LogP contribution < -0.4 is 5.19 Å². The first kappa shape index (κ1) is 33.6. The van der Waals surface area contributed by atoms with Crippen molar-refractivity contribution in [1.82, 2.24) is 14.5 Å². The van der Waals surface area contributed by atoms with Crippen molar-refractivity contribution in [2.24, 2.45) is 0 Å². The van der Waals surface area contributed by atoms with E-state index in [1.54, 1.807) is 18.2 Å². The van der Waals surface area contributed by atoms with Crippen LogP contribution in [0.4, 0.5) is 0 Å². The van der Waals surface area contributed by atoms with Crippen LogP contribution >= 0.6 is 11.3 Å². The number of rotatable bonds is 6. The number of benzene rings is 5. The molecule has 0 spiro atoms. The number of imidazole rings is 1. The second kappa shape index (κ2) is 15.4. The van der Waals surface area contributed by atoms with Crippen molar-refractivity contribution in [3.05, 3.63) is 144 Å². The average molecular weight is 895 g/mol. The topological polar surface area (TPSA) is 30.7 Å². The Morgan fingerprint density at radius 2 is 1.52 bits per heavy atom. The Bertz CT molecular complexity index is 2560. The molecule has 3 heterocycles. The van der Waals surface area contributed by atoms with Crippen LogP contribution in [0.15, 0.2) is 115 Å². The molecule has 3 nitrogen and oxygen atoms in total. The van der Waals surface area contributed by atoms with Gasteiger partial charge in [-0.05, 0) is 69.4 Å². The second-order valence-corrected chi connectivity index (χ2v) is 20.9. The molecule has 0 saturated carbocycles. The molecule has 0 atom stereocenters. The first-order valence-electron chi connectivity index (χ1n) is 19.1. The Morgan fingerprint density at radius 3 is 2.17 bits per heavy atom. The summed E-state index contributed by atoms with van der Waals surface area (Å²) in [5.74, 6) is 1.76. The van der Waals surface area contributed by atoms with E-state index < -0.39 is 14.9 Å². The summed E-state index contributed by atoms with van der Waals surface area (Å²) in [5, 5.41) is 4.12. The summed E-state index contributed by atoms with van der Waals surface area (Å²) in [6.07, 6.45) is 1.39. The summed E-state index contributed by atoms with van der Waals surface area (Å²) in [4.78, 5) is 9.41. The molecule has 265 valence electrons. The number of pyridine rings is 1. The zero-order valence-corrected chi connectivity index (χ0v) is 34.9. The largest absolute Gasteiger partial charge is 0.333 e. The fourth-order valence-electron chi connectivity index (χ4n) is 6.67. The zero-order valence-electron chi connectivity index (χ0n) is 33.7. The molecule has 0 fully saturated rings. The van der Waals surface area contributed by atoms with E-state index in [9.17, 15) is 0 Å². The molecule has 0 bridgehead atoms. The van der Waals surface area contributed by atoms with Crippen LogP contribution in [-0.4, -0.2) is 22.6 Å². The van der Waals surface area contributed by atoms with Crippen molar-refractivity contribution < 1.29 is 24.2 Å². The smallest absolute Gasteiger partial charge is 0.0776 e. The molecule has 8 rings (SSSR count). The first-order chi connectivity index (χ1) is 25.7. The minimum atomic E-state index is -2.09. The zero-order chi connectivity index (χ0) is 38.4. The third-order valence-corrected chi connectivity index (χ3v) is 12.6. The molecule has 8 aromatic rings. The summed E-state index contributed by atoms with van der Waals surface area (Å²) in [6.45, 7) is 14.3. The van der Waals surface area contributed by atoms with Crippen LogP contribution in [0.3, 0.4) is 0 Å². The summed E-state index contributed by atoms with van der Waals surface area (Å²) in [5.41, 5.74) is 9.07. The van der Waals surface area contributed by atoms with E-state index in [2.05, 4.69) is 142 Å². The molecule has 52 heavy (non-hydrogen) atoms. The summed E-state index contributed by atoms with van der Waals surface area (Å²) in [7, 11) is -1.40. The van der Waals surface area contributed by atoms with Gasteiger partial charge in [-0.1, -0.05) is 118 Å². The van der Waals surface area contributed by atoms with Gasteiger partial charge in [0.1, 0.15) is 0 Å². The van der Waals surface area contributed by atoms with Crippen molar-refractivity contribution in [1.29, 1.82) is 0 Å². The fourth-order valence-corrected chi connectivity index (χ4v) is 9.17. The monoisotopic (exact) mass is 895 g/mol. The number of thiophene rings is 1. The Kier molecular flexibility index (Phi) is 9.97. The predicted octanol–water partition coefficient (Wildman–Crippen LogP) is 12.5. The van der Waals surface area contributed by atoms with Gasteiger partial charge < -0.3 is 9.55 Å². The van der Waals surface area contributed by atoms with Gasteiger partial charge in [-0.2, -0.15) is 11.3 Å². The Balaban J connectivity index is 0.000000254. The number of fused-ring (bicyclic) bond motifs is 4. The van der Waals surface area contributed by atoms with Crippen LogP contribution in [-0.2, 0) is 20.1 Å². The number of nitrogens with zero attached hydrogens (tertiary/aromatic N) is 3. The molecular weight excluding hydrogens is 847 g/mol. The maximum absolute atomic E-state index is 7.23. The van der Waals surface area contributed by atoms with E-state index in [0.29, 0.717) is 11.8 Å². The Morgan fingerprint density at radius 1 is 0.769 bits per heavy atom. The first-order valence-corrected chi connectivity index (χ1v) is 22.0. The fraction of sp³-hybridized carbons (Fsp3) is 0.217. The van der Waals surface area contributed by atoms with E-state index in [1.807, 2.05) is 29.5 Å². The molecule has 0 unspecified atom stereocenters. The molecule has 0 aliphatic carbocycles. The van der Waals surface area contributed by atoms with Crippen molar-refractivity contribution in [2.45, 2.75) is 66.0 Å². The summed E-state index contributed by atoms with van der Waals surface area (Å²) in [6, 6.07) is 44.2. The van der Waals surface area contributed by atoms with Crippen molar-refractivity contribution >= 4 is 55.8 Å². The predicted molar refractivity (Wildman–Crippen MR) is 223 cm³/mol. The number of para-hydroxylation sites is 3. The number of aromatic nitrogens is 3. The standard InChI is InChI=1S/C34H35N2SSi.C12H10N.Ir/c1-21(2)24-12-10-13-25(22(3)4)32(24)36-30-17-9-8-16-29(30)35-34(36)28-15-11-14-27-26-19-18-23(38(5,6)7)20-31(26)37-33(27)28;1-10-7-8-12(13-9-10)11-5-3-2-4-6-11;/h8-14,16-22H,1-7H3;2-5,7-9H,1H3;/q2*-1;/i;1D3;. The molecular formula is C46H45IrN3SSi-2. The van der Waals surface area contributed by atoms with Gasteiger partial charge in [-0.25, -0.2) is 0 Å². The third kappa shape index (κ3) is 7.36. The van der Waals surface area contributed by atoms with Crippen LogP contribution in [0, 0.1) is 19.0 Å². The van der Waals surface area contributed by atoms with Gasteiger partial charge in [0, 0.05) is 40.8 Å². The van der Waals surface area contributed by atoms with E-state index in [4.69, 9.17) is 9.10 Å². The number of aryl methyl sites for hydroxylation is 1.